The molecule has 0 saturated carbocycles. The second-order valence-corrected chi connectivity index (χ2v) is 2.52. The largest absolute Gasteiger partial charge is 0.292 e. The third kappa shape index (κ3) is 1.77. The summed E-state index contributed by atoms with van der Waals surface area (Å²) in [4.78, 5) is 15.0. The van der Waals surface area contributed by atoms with Crippen LogP contribution in [-0.2, 0) is 0 Å². The summed E-state index contributed by atoms with van der Waals surface area (Å²) in [6.07, 6.45) is 2.01. The number of nitrogens with zero attached hydrogens (tertiary/aromatic N) is 1. The van der Waals surface area contributed by atoms with Crippen LogP contribution in [0.3, 0.4) is 0 Å². The van der Waals surface area contributed by atoms with Crippen LogP contribution in [0.5, 0.6) is 0 Å². The minimum absolute atomic E-state index is 0.0180. The molecule has 0 amide bonds. The highest BCUT2D eigenvalue weighted by molar-refractivity contribution is 6.33. The van der Waals surface area contributed by atoms with E-state index in [0.29, 0.717) is 17.1 Å². The molecule has 0 atom stereocenters. The molecule has 3 heteroatoms. The smallest absolute Gasteiger partial charge is 0.182 e. The molecule has 0 spiro atoms. The molecule has 0 unspecified atom stereocenters. The van der Waals surface area contributed by atoms with E-state index in [-0.39, 0.29) is 5.78 Å². The van der Waals surface area contributed by atoms with Gasteiger partial charge in [-0.2, -0.15) is 0 Å². The summed E-state index contributed by atoms with van der Waals surface area (Å²) in [5.41, 5.74) is 0.372. The van der Waals surface area contributed by atoms with E-state index in [2.05, 4.69) is 4.98 Å². The molecular weight excluding hydrogens is 162 g/mol. The molecule has 2 nitrogen and oxygen atoms in total. The van der Waals surface area contributed by atoms with Crippen molar-refractivity contribution in [2.24, 2.45) is 0 Å². The second kappa shape index (κ2) is 3.49. The first kappa shape index (κ1) is 8.21. The normalized spacial score (nSPS) is 9.64. The molecular formula is C8H8ClNO. The Labute approximate surface area is 70.2 Å². The summed E-state index contributed by atoms with van der Waals surface area (Å²) in [6.45, 7) is 1.79. The Balaban J connectivity index is 3.03. The third-order valence-corrected chi connectivity index (χ3v) is 1.65. The average molecular weight is 170 g/mol. The lowest BCUT2D eigenvalue weighted by atomic mass is 10.2. The molecule has 0 saturated heterocycles. The van der Waals surface area contributed by atoms with E-state index >= 15 is 0 Å². The molecule has 0 aromatic carbocycles. The first-order valence-electron chi connectivity index (χ1n) is 3.39. The zero-order valence-electron chi connectivity index (χ0n) is 6.17. The highest BCUT2D eigenvalue weighted by Gasteiger charge is 2.07. The van der Waals surface area contributed by atoms with Crippen molar-refractivity contribution in [2.45, 2.75) is 13.3 Å². The van der Waals surface area contributed by atoms with E-state index in [1.165, 1.54) is 0 Å². The number of hydrogen-bond acceptors (Lipinski definition) is 2. The number of rotatable bonds is 2. The van der Waals surface area contributed by atoms with Gasteiger partial charge in [0.25, 0.3) is 0 Å². The maximum absolute atomic E-state index is 11.1. The first-order chi connectivity index (χ1) is 5.25. The Bertz CT molecular complexity index is 273. The number of hydrogen-bond donors (Lipinski definition) is 0. The van der Waals surface area contributed by atoms with Crippen molar-refractivity contribution in [1.29, 1.82) is 0 Å². The monoisotopic (exact) mass is 169 g/mol. The SMILES string of the molecule is CCC(=O)c1ncccc1Cl. The maximum atomic E-state index is 11.1. The van der Waals surface area contributed by atoms with Gasteiger partial charge >= 0.3 is 0 Å². The standard InChI is InChI=1S/C8H8ClNO/c1-2-7(11)8-6(9)4-3-5-10-8/h3-5H,2H2,1H3. The predicted molar refractivity (Wildman–Crippen MR) is 43.9 cm³/mol. The molecule has 0 aliphatic carbocycles. The maximum Gasteiger partial charge on any atom is 0.182 e. The molecule has 0 fully saturated rings. The van der Waals surface area contributed by atoms with Gasteiger partial charge in [-0.25, -0.2) is 0 Å². The summed E-state index contributed by atoms with van der Waals surface area (Å²) in [7, 11) is 0. The Morgan fingerprint density at radius 2 is 2.45 bits per heavy atom. The molecule has 0 N–H and O–H groups in total. The number of carbonyl (C=O) groups excluding carboxylic acids is 1. The lowest BCUT2D eigenvalue weighted by Gasteiger charge is -1.97. The predicted octanol–water partition coefficient (Wildman–Crippen LogP) is 2.33. The number of Topliss-reactive ketones (excluding diaryl/α,β-unsaturated/α-hetero) is 1. The van der Waals surface area contributed by atoms with Crippen molar-refractivity contribution in [3.63, 3.8) is 0 Å². The van der Waals surface area contributed by atoms with Crippen molar-refractivity contribution in [3.8, 4) is 0 Å². The zero-order valence-corrected chi connectivity index (χ0v) is 6.93. The highest BCUT2D eigenvalue weighted by atomic mass is 35.5. The third-order valence-electron chi connectivity index (χ3n) is 1.34. The van der Waals surface area contributed by atoms with Crippen LogP contribution in [0.15, 0.2) is 18.3 Å². The Morgan fingerprint density at radius 1 is 1.73 bits per heavy atom. The van der Waals surface area contributed by atoms with Crippen molar-refractivity contribution < 1.29 is 4.79 Å². The van der Waals surface area contributed by atoms with Crippen LogP contribution in [0.4, 0.5) is 0 Å². The molecule has 0 radical (unpaired) electrons. The van der Waals surface area contributed by atoms with Crippen LogP contribution in [0, 0.1) is 0 Å². The van der Waals surface area contributed by atoms with Crippen LogP contribution in [-0.4, -0.2) is 10.8 Å². The van der Waals surface area contributed by atoms with Crippen LogP contribution in [0.1, 0.15) is 23.8 Å². The molecule has 0 aliphatic rings. The van der Waals surface area contributed by atoms with Crippen molar-refractivity contribution in [3.05, 3.63) is 29.0 Å². The fraction of sp³-hybridized carbons (Fsp3) is 0.250. The van der Waals surface area contributed by atoms with Gasteiger partial charge in [0.15, 0.2) is 5.78 Å². The number of pyridine rings is 1. The van der Waals surface area contributed by atoms with Crippen LogP contribution in [0.2, 0.25) is 5.02 Å². The molecule has 58 valence electrons. The van der Waals surface area contributed by atoms with Gasteiger partial charge in [-0.05, 0) is 12.1 Å². The number of aromatic nitrogens is 1. The van der Waals surface area contributed by atoms with E-state index in [9.17, 15) is 4.79 Å². The fourth-order valence-electron chi connectivity index (χ4n) is 0.758. The van der Waals surface area contributed by atoms with E-state index < -0.39 is 0 Å². The van der Waals surface area contributed by atoms with Crippen molar-refractivity contribution in [2.75, 3.05) is 0 Å². The molecule has 0 aliphatic heterocycles. The Hall–Kier alpha value is -0.890. The molecule has 1 aromatic heterocycles. The van der Waals surface area contributed by atoms with Crippen LogP contribution < -0.4 is 0 Å². The molecule has 1 rings (SSSR count). The second-order valence-electron chi connectivity index (χ2n) is 2.11. The Kier molecular flexibility index (Phi) is 2.60. The summed E-state index contributed by atoms with van der Waals surface area (Å²) < 4.78 is 0. The fourth-order valence-corrected chi connectivity index (χ4v) is 0.985. The minimum Gasteiger partial charge on any atom is -0.292 e. The van der Waals surface area contributed by atoms with Gasteiger partial charge in [-0.15, -0.1) is 0 Å². The van der Waals surface area contributed by atoms with Gasteiger partial charge in [0.2, 0.25) is 0 Å². The van der Waals surface area contributed by atoms with Crippen LogP contribution in [0.25, 0.3) is 0 Å². The number of halogens is 1. The van der Waals surface area contributed by atoms with Gasteiger partial charge in [0.05, 0.1) is 5.02 Å². The number of ketones is 1. The van der Waals surface area contributed by atoms with Gasteiger partial charge in [0, 0.05) is 12.6 Å². The van der Waals surface area contributed by atoms with Crippen LogP contribution >= 0.6 is 11.6 Å². The molecule has 0 bridgehead atoms. The summed E-state index contributed by atoms with van der Waals surface area (Å²) in [6, 6.07) is 3.37. The Morgan fingerprint density at radius 3 is 3.00 bits per heavy atom. The zero-order chi connectivity index (χ0) is 8.27. The summed E-state index contributed by atoms with van der Waals surface area (Å²) in [5.74, 6) is -0.0180. The molecule has 1 heterocycles. The minimum atomic E-state index is -0.0180. The molecule has 11 heavy (non-hydrogen) atoms. The van der Waals surface area contributed by atoms with Gasteiger partial charge in [0.1, 0.15) is 5.69 Å². The topological polar surface area (TPSA) is 30.0 Å². The van der Waals surface area contributed by atoms with E-state index in [1.807, 2.05) is 0 Å². The van der Waals surface area contributed by atoms with Crippen molar-refractivity contribution in [1.82, 2.24) is 4.98 Å². The van der Waals surface area contributed by atoms with E-state index in [0.717, 1.165) is 0 Å². The summed E-state index contributed by atoms with van der Waals surface area (Å²) >= 11 is 5.71. The van der Waals surface area contributed by atoms with Gasteiger partial charge in [-0.1, -0.05) is 18.5 Å². The van der Waals surface area contributed by atoms with E-state index in [1.54, 1.807) is 25.3 Å². The van der Waals surface area contributed by atoms with Crippen molar-refractivity contribution >= 4 is 17.4 Å². The van der Waals surface area contributed by atoms with Gasteiger partial charge < -0.3 is 0 Å². The number of carbonyl (C=O) groups is 1. The lowest BCUT2D eigenvalue weighted by molar-refractivity contribution is 0.0983. The quantitative estimate of drug-likeness (QED) is 0.636. The molecule has 1 aromatic rings. The lowest BCUT2D eigenvalue weighted by Crippen LogP contribution is -2.00. The summed E-state index contributed by atoms with van der Waals surface area (Å²) in [5, 5.41) is 0.430. The highest BCUT2D eigenvalue weighted by Crippen LogP contribution is 2.13. The van der Waals surface area contributed by atoms with Gasteiger partial charge in [-0.3, -0.25) is 9.78 Å². The average Bonchev–Trinajstić information content (AvgIpc) is 2.04. The first-order valence-corrected chi connectivity index (χ1v) is 3.77. The van der Waals surface area contributed by atoms with E-state index in [4.69, 9.17) is 11.6 Å².